The minimum Gasteiger partial charge on any atom is -0.465 e. The van der Waals surface area contributed by atoms with E-state index in [1.54, 1.807) is 36.4 Å². The fourth-order valence-electron chi connectivity index (χ4n) is 3.36. The Labute approximate surface area is 157 Å². The molecule has 0 radical (unpaired) electrons. The standard InChI is InChI=1S/C21H22FNO4/c1-26-20(25)16-4-2-15(3-5-16)19(24)23-14-21(10-12-27-13-11-21)17-6-8-18(22)9-7-17/h2-9H,10-14H2,1H3,(H,23,24). The first-order chi connectivity index (χ1) is 13.0. The van der Waals surface area contributed by atoms with Gasteiger partial charge >= 0.3 is 5.97 Å². The Bertz CT molecular complexity index is 796. The van der Waals surface area contributed by atoms with Gasteiger partial charge in [0.25, 0.3) is 5.91 Å². The second-order valence-corrected chi connectivity index (χ2v) is 6.65. The van der Waals surface area contributed by atoms with E-state index in [1.165, 1.54) is 19.2 Å². The Kier molecular flexibility index (Phi) is 5.86. The van der Waals surface area contributed by atoms with E-state index in [1.807, 2.05) is 0 Å². The number of halogens is 1. The van der Waals surface area contributed by atoms with E-state index >= 15 is 0 Å². The maximum atomic E-state index is 13.3. The van der Waals surface area contributed by atoms with Crippen LogP contribution >= 0.6 is 0 Å². The van der Waals surface area contributed by atoms with Crippen molar-refractivity contribution in [3.63, 3.8) is 0 Å². The Morgan fingerprint density at radius 3 is 2.22 bits per heavy atom. The first kappa shape index (κ1) is 19.0. The number of amides is 1. The molecule has 1 saturated heterocycles. The Morgan fingerprint density at radius 2 is 1.63 bits per heavy atom. The molecule has 142 valence electrons. The molecule has 2 aromatic carbocycles. The number of rotatable bonds is 5. The van der Waals surface area contributed by atoms with Crippen molar-refractivity contribution < 1.29 is 23.5 Å². The maximum absolute atomic E-state index is 13.3. The van der Waals surface area contributed by atoms with Crippen LogP contribution in [0.15, 0.2) is 48.5 Å². The normalized spacial score (nSPS) is 15.8. The van der Waals surface area contributed by atoms with Crippen molar-refractivity contribution in [2.45, 2.75) is 18.3 Å². The van der Waals surface area contributed by atoms with Crippen LogP contribution in [0.25, 0.3) is 0 Å². The second kappa shape index (κ2) is 8.31. The van der Waals surface area contributed by atoms with Gasteiger partial charge in [0.15, 0.2) is 0 Å². The van der Waals surface area contributed by atoms with Gasteiger partial charge in [0.1, 0.15) is 5.82 Å². The lowest BCUT2D eigenvalue weighted by atomic mass is 9.74. The summed E-state index contributed by atoms with van der Waals surface area (Å²) in [6.07, 6.45) is 1.50. The van der Waals surface area contributed by atoms with Crippen molar-refractivity contribution in [1.29, 1.82) is 0 Å². The van der Waals surface area contributed by atoms with Crippen LogP contribution in [0.3, 0.4) is 0 Å². The molecule has 0 saturated carbocycles. The van der Waals surface area contributed by atoms with E-state index in [0.717, 1.165) is 18.4 Å². The van der Waals surface area contributed by atoms with E-state index in [-0.39, 0.29) is 17.1 Å². The molecule has 27 heavy (non-hydrogen) atoms. The van der Waals surface area contributed by atoms with E-state index in [2.05, 4.69) is 10.1 Å². The summed E-state index contributed by atoms with van der Waals surface area (Å²) in [7, 11) is 1.31. The van der Waals surface area contributed by atoms with Crippen LogP contribution in [0.1, 0.15) is 39.1 Å². The number of hydrogen-bond acceptors (Lipinski definition) is 4. The van der Waals surface area contributed by atoms with Crippen LogP contribution in [0.5, 0.6) is 0 Å². The lowest BCUT2D eigenvalue weighted by Crippen LogP contribution is -2.44. The molecule has 2 aromatic rings. The summed E-state index contributed by atoms with van der Waals surface area (Å²) < 4.78 is 23.4. The molecule has 6 heteroatoms. The molecule has 1 amide bonds. The van der Waals surface area contributed by atoms with Gasteiger partial charge in [0.05, 0.1) is 12.7 Å². The van der Waals surface area contributed by atoms with Gasteiger partial charge in [-0.15, -0.1) is 0 Å². The topological polar surface area (TPSA) is 64.6 Å². The molecule has 1 aliphatic heterocycles. The van der Waals surface area contributed by atoms with Crippen LogP contribution < -0.4 is 5.32 Å². The number of nitrogens with one attached hydrogen (secondary N) is 1. The number of esters is 1. The SMILES string of the molecule is COC(=O)c1ccc(C(=O)NCC2(c3ccc(F)cc3)CCOCC2)cc1. The lowest BCUT2D eigenvalue weighted by Gasteiger charge is -2.38. The van der Waals surface area contributed by atoms with E-state index in [9.17, 15) is 14.0 Å². The van der Waals surface area contributed by atoms with Crippen molar-refractivity contribution >= 4 is 11.9 Å². The molecule has 1 N–H and O–H groups in total. The number of carbonyl (C=O) groups is 2. The zero-order valence-corrected chi connectivity index (χ0v) is 15.2. The molecule has 0 aliphatic carbocycles. The summed E-state index contributed by atoms with van der Waals surface area (Å²) in [6.45, 7) is 1.63. The average molecular weight is 371 g/mol. The molecule has 0 atom stereocenters. The zero-order chi connectivity index (χ0) is 19.3. The van der Waals surface area contributed by atoms with E-state index in [4.69, 9.17) is 4.74 Å². The molecule has 0 unspecified atom stereocenters. The van der Waals surface area contributed by atoms with Crippen molar-refractivity contribution in [2.75, 3.05) is 26.9 Å². The van der Waals surface area contributed by atoms with Crippen molar-refractivity contribution in [2.24, 2.45) is 0 Å². The Balaban J connectivity index is 1.72. The highest BCUT2D eigenvalue weighted by Crippen LogP contribution is 2.34. The molecular formula is C21H22FNO4. The third-order valence-corrected chi connectivity index (χ3v) is 5.06. The molecule has 1 fully saturated rings. The fraction of sp³-hybridized carbons (Fsp3) is 0.333. The van der Waals surface area contributed by atoms with Gasteiger partial charge in [-0.3, -0.25) is 4.79 Å². The van der Waals surface area contributed by atoms with E-state index in [0.29, 0.717) is 30.9 Å². The van der Waals surface area contributed by atoms with Crippen LogP contribution in [-0.4, -0.2) is 38.7 Å². The molecule has 0 bridgehead atoms. The molecule has 0 spiro atoms. The monoisotopic (exact) mass is 371 g/mol. The Morgan fingerprint density at radius 1 is 1.04 bits per heavy atom. The van der Waals surface area contributed by atoms with Crippen molar-refractivity contribution in [3.8, 4) is 0 Å². The smallest absolute Gasteiger partial charge is 0.337 e. The predicted molar refractivity (Wildman–Crippen MR) is 98.2 cm³/mol. The highest BCUT2D eigenvalue weighted by atomic mass is 19.1. The Hall–Kier alpha value is -2.73. The quantitative estimate of drug-likeness (QED) is 0.821. The predicted octanol–water partition coefficient (Wildman–Crippen LogP) is 3.09. The maximum Gasteiger partial charge on any atom is 0.337 e. The molecule has 5 nitrogen and oxygen atoms in total. The fourth-order valence-corrected chi connectivity index (χ4v) is 3.36. The average Bonchev–Trinajstić information content (AvgIpc) is 2.72. The van der Waals surface area contributed by atoms with Gasteiger partial charge in [-0.05, 0) is 54.8 Å². The lowest BCUT2D eigenvalue weighted by molar-refractivity contribution is 0.0487. The number of hydrogen-bond donors (Lipinski definition) is 1. The summed E-state index contributed by atoms with van der Waals surface area (Å²) in [6, 6.07) is 12.7. The van der Waals surface area contributed by atoms with Gasteiger partial charge in [0.2, 0.25) is 0 Å². The number of methoxy groups -OCH3 is 1. The summed E-state index contributed by atoms with van der Waals surface area (Å²) in [5.74, 6) is -0.950. The summed E-state index contributed by atoms with van der Waals surface area (Å²) in [5, 5.41) is 2.98. The van der Waals surface area contributed by atoms with Crippen LogP contribution in [0.2, 0.25) is 0 Å². The first-order valence-corrected chi connectivity index (χ1v) is 8.84. The van der Waals surface area contributed by atoms with Crippen molar-refractivity contribution in [1.82, 2.24) is 5.32 Å². The van der Waals surface area contributed by atoms with Crippen LogP contribution in [0, 0.1) is 5.82 Å². The van der Waals surface area contributed by atoms with E-state index < -0.39 is 5.97 Å². The zero-order valence-electron chi connectivity index (χ0n) is 15.2. The van der Waals surface area contributed by atoms with Crippen LogP contribution in [0.4, 0.5) is 4.39 Å². The largest absolute Gasteiger partial charge is 0.465 e. The molecule has 1 aliphatic rings. The van der Waals surface area contributed by atoms with Crippen molar-refractivity contribution in [3.05, 3.63) is 71.0 Å². The minimum atomic E-state index is -0.445. The minimum absolute atomic E-state index is 0.223. The number of ether oxygens (including phenoxy) is 2. The summed E-state index contributed by atoms with van der Waals surface area (Å²) in [5.41, 5.74) is 1.56. The number of carbonyl (C=O) groups excluding carboxylic acids is 2. The molecular weight excluding hydrogens is 349 g/mol. The van der Waals surface area contributed by atoms with Gasteiger partial charge < -0.3 is 14.8 Å². The highest BCUT2D eigenvalue weighted by molar-refractivity contribution is 5.96. The first-order valence-electron chi connectivity index (χ1n) is 8.84. The van der Waals surface area contributed by atoms with Gasteiger partial charge in [-0.2, -0.15) is 0 Å². The molecule has 0 aromatic heterocycles. The van der Waals surface area contributed by atoms with Crippen LogP contribution in [-0.2, 0) is 14.9 Å². The van der Waals surface area contributed by atoms with Gasteiger partial charge in [0, 0.05) is 30.7 Å². The van der Waals surface area contributed by atoms with Gasteiger partial charge in [-0.1, -0.05) is 12.1 Å². The summed E-state index contributed by atoms with van der Waals surface area (Å²) >= 11 is 0. The molecule has 1 heterocycles. The second-order valence-electron chi connectivity index (χ2n) is 6.65. The third-order valence-electron chi connectivity index (χ3n) is 5.06. The third kappa shape index (κ3) is 4.34. The van der Waals surface area contributed by atoms with Gasteiger partial charge in [-0.25, -0.2) is 9.18 Å². The number of benzene rings is 2. The summed E-state index contributed by atoms with van der Waals surface area (Å²) in [4.78, 5) is 24.0. The highest BCUT2D eigenvalue weighted by Gasteiger charge is 2.35. The molecule has 3 rings (SSSR count).